The quantitative estimate of drug-likeness (QED) is 0.367. The molecule has 0 aromatic heterocycles. The maximum absolute atomic E-state index is 8.15. The van der Waals surface area contributed by atoms with E-state index in [1.165, 1.54) is 7.11 Å². The van der Waals surface area contributed by atoms with Gasteiger partial charge in [0.25, 0.3) is 0 Å². The van der Waals surface area contributed by atoms with Crippen molar-refractivity contribution in [1.29, 1.82) is 10.7 Å². The van der Waals surface area contributed by atoms with Crippen molar-refractivity contribution in [3.63, 3.8) is 0 Å². The predicted octanol–water partition coefficient (Wildman–Crippen LogP) is 1.69. The topological polar surface area (TPSA) is 56.9 Å². The molecule has 1 N–H and O–H groups in total. The third-order valence-electron chi connectivity index (χ3n) is 1.19. The van der Waals surface area contributed by atoms with Crippen LogP contribution in [0.15, 0.2) is 0 Å². The van der Waals surface area contributed by atoms with E-state index in [1.807, 2.05) is 6.07 Å². The minimum atomic E-state index is 0.304. The Hall–Kier alpha value is -1.04. The molecule has 0 saturated carbocycles. The Balaban J connectivity index is 3.05. The van der Waals surface area contributed by atoms with Gasteiger partial charge in [0.15, 0.2) is 5.90 Å². The normalized spacial score (nSPS) is 8.40. The molecule has 0 radical (unpaired) electrons. The SMILES string of the molecule is COC(=N)CCCCC#N. The summed E-state index contributed by atoms with van der Waals surface area (Å²) in [6, 6.07) is 2.05. The van der Waals surface area contributed by atoms with Crippen LogP contribution in [0.25, 0.3) is 0 Å². The number of nitriles is 1. The van der Waals surface area contributed by atoms with E-state index < -0.39 is 0 Å². The van der Waals surface area contributed by atoms with Gasteiger partial charge in [-0.1, -0.05) is 0 Å². The van der Waals surface area contributed by atoms with E-state index in [0.29, 0.717) is 18.7 Å². The van der Waals surface area contributed by atoms with Crippen LogP contribution < -0.4 is 0 Å². The largest absolute Gasteiger partial charge is 0.484 e. The molecule has 0 bridgehead atoms. The standard InChI is InChI=1S/C7H12N2O/c1-10-7(9)5-3-2-4-6-8/h9H,2-5H2,1H3. The lowest BCUT2D eigenvalue weighted by Crippen LogP contribution is -1.97. The highest BCUT2D eigenvalue weighted by atomic mass is 16.5. The molecule has 0 aliphatic rings. The first-order chi connectivity index (χ1) is 4.81. The van der Waals surface area contributed by atoms with Gasteiger partial charge in [0.1, 0.15) is 0 Å². The summed E-state index contributed by atoms with van der Waals surface area (Å²) in [5.74, 6) is 0.304. The summed E-state index contributed by atoms with van der Waals surface area (Å²) in [5.41, 5.74) is 0. The summed E-state index contributed by atoms with van der Waals surface area (Å²) >= 11 is 0. The first-order valence-corrected chi connectivity index (χ1v) is 3.29. The zero-order valence-electron chi connectivity index (χ0n) is 6.18. The Morgan fingerprint density at radius 1 is 1.60 bits per heavy atom. The first-order valence-electron chi connectivity index (χ1n) is 3.29. The number of rotatable bonds is 4. The number of hydrogen-bond acceptors (Lipinski definition) is 3. The van der Waals surface area contributed by atoms with E-state index in [1.54, 1.807) is 0 Å². The molecular formula is C7H12N2O. The molecule has 0 heterocycles. The molecule has 0 aliphatic heterocycles. The fraction of sp³-hybridized carbons (Fsp3) is 0.714. The number of unbranched alkanes of at least 4 members (excludes halogenated alkanes) is 2. The minimum absolute atomic E-state index is 0.304. The number of nitrogens with zero attached hydrogens (tertiary/aromatic N) is 1. The van der Waals surface area contributed by atoms with Gasteiger partial charge in [0, 0.05) is 12.8 Å². The van der Waals surface area contributed by atoms with E-state index in [2.05, 4.69) is 4.74 Å². The van der Waals surface area contributed by atoms with Gasteiger partial charge in [-0.3, -0.25) is 5.41 Å². The second kappa shape index (κ2) is 6.09. The van der Waals surface area contributed by atoms with Gasteiger partial charge in [0.05, 0.1) is 13.2 Å². The fourth-order valence-corrected chi connectivity index (χ4v) is 0.592. The second-order valence-electron chi connectivity index (χ2n) is 1.99. The van der Waals surface area contributed by atoms with Crippen LogP contribution in [0, 0.1) is 16.7 Å². The third kappa shape index (κ3) is 5.10. The lowest BCUT2D eigenvalue weighted by molar-refractivity contribution is 0.383. The summed E-state index contributed by atoms with van der Waals surface area (Å²) in [5, 5.41) is 15.2. The van der Waals surface area contributed by atoms with Crippen LogP contribution in [0.3, 0.4) is 0 Å². The van der Waals surface area contributed by atoms with Crippen molar-refractivity contribution in [3.8, 4) is 6.07 Å². The summed E-state index contributed by atoms with van der Waals surface area (Å²) in [4.78, 5) is 0. The molecule has 0 saturated heterocycles. The smallest absolute Gasteiger partial charge is 0.180 e. The molecule has 0 atom stereocenters. The molecule has 3 heteroatoms. The van der Waals surface area contributed by atoms with E-state index >= 15 is 0 Å². The minimum Gasteiger partial charge on any atom is -0.484 e. The van der Waals surface area contributed by atoms with E-state index in [-0.39, 0.29) is 0 Å². The van der Waals surface area contributed by atoms with Gasteiger partial charge in [-0.25, -0.2) is 0 Å². The molecule has 0 fully saturated rings. The summed E-state index contributed by atoms with van der Waals surface area (Å²) in [7, 11) is 1.49. The second-order valence-corrected chi connectivity index (χ2v) is 1.99. The van der Waals surface area contributed by atoms with E-state index in [0.717, 1.165) is 12.8 Å². The van der Waals surface area contributed by atoms with Gasteiger partial charge in [-0.15, -0.1) is 0 Å². The van der Waals surface area contributed by atoms with Gasteiger partial charge in [-0.05, 0) is 12.8 Å². The average molecular weight is 140 g/mol. The van der Waals surface area contributed by atoms with Crippen molar-refractivity contribution in [2.45, 2.75) is 25.7 Å². The maximum Gasteiger partial charge on any atom is 0.180 e. The van der Waals surface area contributed by atoms with Crippen LogP contribution in [0.1, 0.15) is 25.7 Å². The molecule has 0 unspecified atom stereocenters. The van der Waals surface area contributed by atoms with Crippen molar-refractivity contribution in [3.05, 3.63) is 0 Å². The van der Waals surface area contributed by atoms with Crippen LogP contribution in [-0.4, -0.2) is 13.0 Å². The number of hydrogen-bond donors (Lipinski definition) is 1. The van der Waals surface area contributed by atoms with Crippen molar-refractivity contribution < 1.29 is 4.74 Å². The number of nitrogens with one attached hydrogen (secondary N) is 1. The van der Waals surface area contributed by atoms with Crippen LogP contribution in [0.2, 0.25) is 0 Å². The zero-order valence-corrected chi connectivity index (χ0v) is 6.18. The lowest BCUT2D eigenvalue weighted by atomic mass is 10.2. The molecule has 0 rings (SSSR count). The van der Waals surface area contributed by atoms with Gasteiger partial charge in [-0.2, -0.15) is 5.26 Å². The summed E-state index contributed by atoms with van der Waals surface area (Å²) < 4.78 is 4.63. The van der Waals surface area contributed by atoms with Crippen LogP contribution in [0.5, 0.6) is 0 Å². The van der Waals surface area contributed by atoms with Gasteiger partial charge >= 0.3 is 0 Å². The molecule has 0 spiro atoms. The number of ether oxygens (including phenoxy) is 1. The average Bonchev–Trinajstić information content (AvgIpc) is 1.98. The zero-order chi connectivity index (χ0) is 7.82. The first kappa shape index (κ1) is 8.96. The van der Waals surface area contributed by atoms with Crippen LogP contribution in [0.4, 0.5) is 0 Å². The van der Waals surface area contributed by atoms with Crippen molar-refractivity contribution in [1.82, 2.24) is 0 Å². The Morgan fingerprint density at radius 3 is 2.80 bits per heavy atom. The molecule has 56 valence electrons. The Morgan fingerprint density at radius 2 is 2.30 bits per heavy atom. The van der Waals surface area contributed by atoms with Gasteiger partial charge < -0.3 is 4.74 Å². The Kier molecular flexibility index (Phi) is 5.45. The highest BCUT2D eigenvalue weighted by molar-refractivity contribution is 5.72. The third-order valence-corrected chi connectivity index (χ3v) is 1.19. The van der Waals surface area contributed by atoms with Crippen LogP contribution >= 0.6 is 0 Å². The molecule has 0 aromatic carbocycles. The Bertz CT molecular complexity index is 137. The number of methoxy groups -OCH3 is 1. The Labute approximate surface area is 61.1 Å². The van der Waals surface area contributed by atoms with Gasteiger partial charge in [0.2, 0.25) is 0 Å². The maximum atomic E-state index is 8.15. The fourth-order valence-electron chi connectivity index (χ4n) is 0.592. The molecule has 10 heavy (non-hydrogen) atoms. The summed E-state index contributed by atoms with van der Waals surface area (Å²) in [6.45, 7) is 0. The highest BCUT2D eigenvalue weighted by Crippen LogP contribution is 1.99. The molecule has 0 amide bonds. The highest BCUT2D eigenvalue weighted by Gasteiger charge is 1.93. The van der Waals surface area contributed by atoms with E-state index in [9.17, 15) is 0 Å². The monoisotopic (exact) mass is 140 g/mol. The van der Waals surface area contributed by atoms with Crippen LogP contribution in [-0.2, 0) is 4.74 Å². The molecule has 3 nitrogen and oxygen atoms in total. The summed E-state index contributed by atoms with van der Waals surface area (Å²) in [6.07, 6.45) is 2.97. The lowest BCUT2D eigenvalue weighted by Gasteiger charge is -1.98. The molecule has 0 aliphatic carbocycles. The van der Waals surface area contributed by atoms with Crippen molar-refractivity contribution in [2.75, 3.05) is 7.11 Å². The van der Waals surface area contributed by atoms with E-state index in [4.69, 9.17) is 10.7 Å². The molecule has 0 aromatic rings. The van der Waals surface area contributed by atoms with Crippen molar-refractivity contribution >= 4 is 5.90 Å². The van der Waals surface area contributed by atoms with Crippen molar-refractivity contribution in [2.24, 2.45) is 0 Å². The molecular weight excluding hydrogens is 128 g/mol. The predicted molar refractivity (Wildman–Crippen MR) is 38.8 cm³/mol.